The number of hydrogen-bond donors (Lipinski definition) is 1. The van der Waals surface area contributed by atoms with Gasteiger partial charge in [0.15, 0.2) is 5.82 Å². The van der Waals surface area contributed by atoms with Crippen LogP contribution in [0.3, 0.4) is 0 Å². The highest BCUT2D eigenvalue weighted by Gasteiger charge is 2.23. The summed E-state index contributed by atoms with van der Waals surface area (Å²) in [4.78, 5) is 23.6. The molecule has 150 valence electrons. The Balaban J connectivity index is 1.41. The number of amides is 1. The van der Waals surface area contributed by atoms with Crippen LogP contribution in [0.1, 0.15) is 29.8 Å². The summed E-state index contributed by atoms with van der Waals surface area (Å²) in [6.45, 7) is 6.04. The molecule has 8 nitrogen and oxygen atoms in total. The van der Waals surface area contributed by atoms with Gasteiger partial charge >= 0.3 is 0 Å². The molecule has 3 aromatic heterocycles. The minimum Gasteiger partial charge on any atom is -0.372 e. The van der Waals surface area contributed by atoms with Crippen molar-refractivity contribution in [3.63, 3.8) is 0 Å². The van der Waals surface area contributed by atoms with Gasteiger partial charge < -0.3 is 15.0 Å². The van der Waals surface area contributed by atoms with Gasteiger partial charge in [-0.15, -0.1) is 0 Å². The quantitative estimate of drug-likeness (QED) is 0.717. The van der Waals surface area contributed by atoms with Gasteiger partial charge in [0.2, 0.25) is 0 Å². The predicted molar refractivity (Wildman–Crippen MR) is 109 cm³/mol. The molecule has 1 aliphatic rings. The molecule has 3 aromatic rings. The van der Waals surface area contributed by atoms with Crippen LogP contribution in [0.4, 0.5) is 5.82 Å². The Bertz CT molecular complexity index is 948. The molecule has 4 heterocycles. The Kier molecular flexibility index (Phi) is 5.53. The van der Waals surface area contributed by atoms with E-state index in [1.807, 2.05) is 30.5 Å². The van der Waals surface area contributed by atoms with Crippen molar-refractivity contribution < 1.29 is 9.53 Å². The van der Waals surface area contributed by atoms with Crippen molar-refractivity contribution >= 4 is 11.7 Å². The second-order valence-corrected chi connectivity index (χ2v) is 7.19. The molecule has 0 unspecified atom stereocenters. The smallest absolute Gasteiger partial charge is 0.253 e. The molecule has 0 aromatic carbocycles. The molecule has 0 spiro atoms. The van der Waals surface area contributed by atoms with Gasteiger partial charge in [-0.1, -0.05) is 6.07 Å². The monoisotopic (exact) mass is 392 g/mol. The number of aromatic nitrogens is 4. The molecule has 4 rings (SSSR count). The average Bonchev–Trinajstić information content (AvgIpc) is 3.26. The first-order valence-electron chi connectivity index (χ1n) is 9.68. The highest BCUT2D eigenvalue weighted by Crippen LogP contribution is 2.18. The van der Waals surface area contributed by atoms with Crippen LogP contribution >= 0.6 is 0 Å². The van der Waals surface area contributed by atoms with Crippen molar-refractivity contribution in [2.24, 2.45) is 0 Å². The second kappa shape index (κ2) is 8.40. The van der Waals surface area contributed by atoms with Crippen LogP contribution in [-0.2, 0) is 11.3 Å². The SMILES string of the molecule is C[C@H]1CN(c2ccc(C(=O)NCc3cccnc3-n3cccn3)cn2)C[C@H](C)O1. The van der Waals surface area contributed by atoms with Gasteiger partial charge in [-0.3, -0.25) is 4.79 Å². The molecule has 0 saturated carbocycles. The summed E-state index contributed by atoms with van der Waals surface area (Å²) < 4.78 is 7.45. The molecule has 0 aliphatic carbocycles. The maximum atomic E-state index is 12.6. The maximum absolute atomic E-state index is 12.6. The van der Waals surface area contributed by atoms with Gasteiger partial charge in [-0.05, 0) is 38.1 Å². The van der Waals surface area contributed by atoms with Crippen molar-refractivity contribution in [1.29, 1.82) is 0 Å². The van der Waals surface area contributed by atoms with Gasteiger partial charge in [0.25, 0.3) is 5.91 Å². The lowest BCUT2D eigenvalue weighted by molar-refractivity contribution is -0.00546. The molecule has 1 N–H and O–H groups in total. The van der Waals surface area contributed by atoms with E-state index in [4.69, 9.17) is 4.74 Å². The molecule has 1 saturated heterocycles. The van der Waals surface area contributed by atoms with E-state index in [-0.39, 0.29) is 18.1 Å². The van der Waals surface area contributed by atoms with E-state index in [9.17, 15) is 4.79 Å². The van der Waals surface area contributed by atoms with E-state index in [0.29, 0.717) is 17.9 Å². The van der Waals surface area contributed by atoms with Crippen molar-refractivity contribution in [1.82, 2.24) is 25.1 Å². The van der Waals surface area contributed by atoms with Gasteiger partial charge in [0, 0.05) is 50.0 Å². The summed E-state index contributed by atoms with van der Waals surface area (Å²) in [5.74, 6) is 1.38. The van der Waals surface area contributed by atoms with Crippen LogP contribution in [0, 0.1) is 0 Å². The van der Waals surface area contributed by atoms with E-state index >= 15 is 0 Å². The van der Waals surface area contributed by atoms with E-state index in [2.05, 4.69) is 39.1 Å². The van der Waals surface area contributed by atoms with E-state index < -0.39 is 0 Å². The summed E-state index contributed by atoms with van der Waals surface area (Å²) >= 11 is 0. The molecule has 1 fully saturated rings. The molecule has 1 aliphatic heterocycles. The standard InChI is InChI=1S/C21H24N6O2/c1-15-13-26(14-16(2)29-15)19-7-6-18(12-23-19)21(28)24-11-17-5-3-8-22-20(17)27-10-4-9-25-27/h3-10,12,15-16H,11,13-14H2,1-2H3,(H,24,28)/t15-,16-/m0/s1. The number of rotatable bonds is 5. The first-order chi connectivity index (χ1) is 14.1. The zero-order valence-electron chi connectivity index (χ0n) is 16.5. The van der Waals surface area contributed by atoms with Crippen LogP contribution < -0.4 is 10.2 Å². The number of morpholine rings is 1. The third-order valence-electron chi connectivity index (χ3n) is 4.78. The number of pyridine rings is 2. The number of anilines is 1. The summed E-state index contributed by atoms with van der Waals surface area (Å²) in [5.41, 5.74) is 1.40. The third-order valence-corrected chi connectivity index (χ3v) is 4.78. The maximum Gasteiger partial charge on any atom is 0.253 e. The summed E-state index contributed by atoms with van der Waals surface area (Å²) in [6.07, 6.45) is 7.16. The fraction of sp³-hybridized carbons (Fsp3) is 0.333. The molecule has 1 amide bonds. The summed E-state index contributed by atoms with van der Waals surface area (Å²) in [7, 11) is 0. The van der Waals surface area contributed by atoms with Gasteiger partial charge in [0.1, 0.15) is 5.82 Å². The third kappa shape index (κ3) is 4.43. The molecule has 2 atom stereocenters. The minimum absolute atomic E-state index is 0.159. The fourth-order valence-corrected chi connectivity index (χ4v) is 3.52. The molecule has 8 heteroatoms. The Morgan fingerprint density at radius 1 is 1.14 bits per heavy atom. The van der Waals surface area contributed by atoms with E-state index in [1.165, 1.54) is 0 Å². The van der Waals surface area contributed by atoms with E-state index in [0.717, 1.165) is 24.5 Å². The summed E-state index contributed by atoms with van der Waals surface area (Å²) in [6, 6.07) is 9.29. The first-order valence-corrected chi connectivity index (χ1v) is 9.68. The first kappa shape index (κ1) is 19.1. The topological polar surface area (TPSA) is 85.2 Å². The highest BCUT2D eigenvalue weighted by molar-refractivity contribution is 5.94. The summed E-state index contributed by atoms with van der Waals surface area (Å²) in [5, 5.41) is 7.15. The lowest BCUT2D eigenvalue weighted by Gasteiger charge is -2.36. The van der Waals surface area contributed by atoms with Crippen LogP contribution in [0.15, 0.2) is 55.1 Å². The van der Waals surface area contributed by atoms with Crippen LogP contribution in [-0.4, -0.2) is 51.0 Å². The molecule has 0 bridgehead atoms. The number of nitrogens with one attached hydrogen (secondary N) is 1. The van der Waals surface area contributed by atoms with Crippen molar-refractivity contribution in [3.8, 4) is 5.82 Å². The number of carbonyl (C=O) groups is 1. The number of nitrogens with zero attached hydrogens (tertiary/aromatic N) is 5. The predicted octanol–water partition coefficient (Wildman–Crippen LogP) is 2.21. The molecular formula is C21H24N6O2. The number of ether oxygens (including phenoxy) is 1. The van der Waals surface area contributed by atoms with Crippen LogP contribution in [0.2, 0.25) is 0 Å². The van der Waals surface area contributed by atoms with Crippen molar-refractivity contribution in [2.75, 3.05) is 18.0 Å². The van der Waals surface area contributed by atoms with Crippen LogP contribution in [0.5, 0.6) is 0 Å². The van der Waals surface area contributed by atoms with E-state index in [1.54, 1.807) is 29.3 Å². The average molecular weight is 392 g/mol. The van der Waals surface area contributed by atoms with Gasteiger partial charge in [-0.2, -0.15) is 5.10 Å². The highest BCUT2D eigenvalue weighted by atomic mass is 16.5. The Labute approximate surface area is 169 Å². The largest absolute Gasteiger partial charge is 0.372 e. The second-order valence-electron chi connectivity index (χ2n) is 7.19. The Hall–Kier alpha value is -3.26. The zero-order valence-corrected chi connectivity index (χ0v) is 16.5. The molecular weight excluding hydrogens is 368 g/mol. The lowest BCUT2D eigenvalue weighted by atomic mass is 10.2. The van der Waals surface area contributed by atoms with Gasteiger partial charge in [-0.25, -0.2) is 14.6 Å². The van der Waals surface area contributed by atoms with Crippen molar-refractivity contribution in [3.05, 3.63) is 66.2 Å². The zero-order chi connectivity index (χ0) is 20.2. The minimum atomic E-state index is -0.178. The van der Waals surface area contributed by atoms with Crippen molar-refractivity contribution in [2.45, 2.75) is 32.6 Å². The Morgan fingerprint density at radius 2 is 1.97 bits per heavy atom. The van der Waals surface area contributed by atoms with Crippen LogP contribution in [0.25, 0.3) is 5.82 Å². The molecule has 0 radical (unpaired) electrons. The number of carbonyl (C=O) groups excluding carboxylic acids is 1. The lowest BCUT2D eigenvalue weighted by Crippen LogP contribution is -2.45. The fourth-order valence-electron chi connectivity index (χ4n) is 3.52. The molecule has 29 heavy (non-hydrogen) atoms. The van der Waals surface area contributed by atoms with Gasteiger partial charge in [0.05, 0.1) is 17.8 Å². The normalized spacial score (nSPS) is 19.2. The Morgan fingerprint density at radius 3 is 2.66 bits per heavy atom. The number of hydrogen-bond acceptors (Lipinski definition) is 6.